The number of anilines is 1. The molecule has 49 heavy (non-hydrogen) atoms. The van der Waals surface area contributed by atoms with Crippen LogP contribution in [0, 0.1) is 6.92 Å². The summed E-state index contributed by atoms with van der Waals surface area (Å²) in [4.78, 5) is 30.5. The molecule has 4 aromatic carbocycles. The zero-order chi connectivity index (χ0) is 35.0. The first-order valence-corrected chi connectivity index (χ1v) is 18.6. The van der Waals surface area contributed by atoms with Crippen LogP contribution in [0.3, 0.4) is 0 Å². The highest BCUT2D eigenvalue weighted by Gasteiger charge is 2.36. The first kappa shape index (κ1) is 36.2. The second kappa shape index (κ2) is 16.6. The second-order valence-corrected chi connectivity index (χ2v) is 14.9. The molecule has 0 spiro atoms. The van der Waals surface area contributed by atoms with E-state index < -0.39 is 28.5 Å². The molecule has 0 radical (unpaired) electrons. The van der Waals surface area contributed by atoms with Crippen molar-refractivity contribution in [1.82, 2.24) is 10.2 Å². The number of aryl methyl sites for hydroxylation is 1. The highest BCUT2D eigenvalue weighted by atomic mass is 35.5. The van der Waals surface area contributed by atoms with E-state index in [9.17, 15) is 18.0 Å². The number of ether oxygens (including phenoxy) is 1. The molecule has 8 nitrogen and oxygen atoms in total. The predicted octanol–water partition coefficient (Wildman–Crippen LogP) is 7.59. The van der Waals surface area contributed by atoms with Crippen LogP contribution in [-0.2, 0) is 32.6 Å². The lowest BCUT2D eigenvalue weighted by molar-refractivity contribution is -0.140. The minimum atomic E-state index is -4.30. The average Bonchev–Trinajstić information content (AvgIpc) is 3.10. The third-order valence-electron chi connectivity index (χ3n) is 8.85. The highest BCUT2D eigenvalue weighted by Crippen LogP contribution is 2.33. The molecule has 0 heterocycles. The number of methoxy groups -OCH3 is 1. The number of carbonyl (C=O) groups is 2. The monoisotopic (exact) mass is 721 g/mol. The summed E-state index contributed by atoms with van der Waals surface area (Å²) in [7, 11) is -2.86. The fourth-order valence-corrected chi connectivity index (χ4v) is 8.08. The van der Waals surface area contributed by atoms with Crippen LogP contribution in [0.25, 0.3) is 0 Å². The summed E-state index contributed by atoms with van der Waals surface area (Å²) in [5.74, 6) is -0.669. The Morgan fingerprint density at radius 3 is 2.14 bits per heavy atom. The van der Waals surface area contributed by atoms with E-state index >= 15 is 0 Å². The lowest BCUT2D eigenvalue weighted by atomic mass is 9.94. The van der Waals surface area contributed by atoms with Crippen molar-refractivity contribution in [3.8, 4) is 5.75 Å². The Morgan fingerprint density at radius 1 is 0.857 bits per heavy atom. The van der Waals surface area contributed by atoms with Crippen LogP contribution in [0.1, 0.15) is 48.8 Å². The normalized spacial score (nSPS) is 14.1. The van der Waals surface area contributed by atoms with Crippen molar-refractivity contribution in [3.05, 3.63) is 124 Å². The number of rotatable bonds is 13. The fraction of sp³-hybridized carbons (Fsp3) is 0.316. The van der Waals surface area contributed by atoms with E-state index in [1.807, 2.05) is 37.3 Å². The molecule has 1 N–H and O–H groups in total. The van der Waals surface area contributed by atoms with E-state index in [2.05, 4.69) is 5.32 Å². The van der Waals surface area contributed by atoms with Crippen molar-refractivity contribution in [1.29, 1.82) is 0 Å². The molecule has 1 aliphatic rings. The van der Waals surface area contributed by atoms with E-state index in [0.717, 1.165) is 47.5 Å². The van der Waals surface area contributed by atoms with Crippen molar-refractivity contribution < 1.29 is 22.7 Å². The molecule has 1 saturated carbocycles. The van der Waals surface area contributed by atoms with Gasteiger partial charge in [-0.15, -0.1) is 0 Å². The fourth-order valence-electron chi connectivity index (χ4n) is 6.14. The van der Waals surface area contributed by atoms with E-state index in [0.29, 0.717) is 15.6 Å². The molecule has 4 aromatic rings. The van der Waals surface area contributed by atoms with Gasteiger partial charge < -0.3 is 15.0 Å². The van der Waals surface area contributed by atoms with E-state index in [-0.39, 0.29) is 41.2 Å². The number of benzene rings is 4. The minimum Gasteiger partial charge on any atom is -0.495 e. The molecular weight excluding hydrogens is 681 g/mol. The Labute approximate surface area is 299 Å². The molecule has 1 aliphatic carbocycles. The van der Waals surface area contributed by atoms with Gasteiger partial charge in [-0.2, -0.15) is 0 Å². The van der Waals surface area contributed by atoms with Crippen LogP contribution in [0.15, 0.2) is 102 Å². The first-order valence-electron chi connectivity index (χ1n) is 16.4. The Kier molecular flexibility index (Phi) is 12.3. The van der Waals surface area contributed by atoms with Gasteiger partial charge in [0.05, 0.1) is 17.7 Å². The first-order chi connectivity index (χ1) is 23.6. The van der Waals surface area contributed by atoms with Gasteiger partial charge in [-0.3, -0.25) is 13.9 Å². The largest absolute Gasteiger partial charge is 0.495 e. The number of nitrogens with one attached hydrogen (secondary N) is 1. The summed E-state index contributed by atoms with van der Waals surface area (Å²) in [6.07, 6.45) is 5.03. The summed E-state index contributed by atoms with van der Waals surface area (Å²) in [5.41, 5.74) is 2.35. The maximum Gasteiger partial charge on any atom is 0.264 e. The van der Waals surface area contributed by atoms with Gasteiger partial charge in [-0.25, -0.2) is 8.42 Å². The molecular formula is C38H41Cl2N3O5S. The molecule has 11 heteroatoms. The molecule has 0 bridgehead atoms. The average molecular weight is 723 g/mol. The van der Waals surface area contributed by atoms with Gasteiger partial charge in [0.25, 0.3) is 10.0 Å². The van der Waals surface area contributed by atoms with Gasteiger partial charge in [0.15, 0.2) is 0 Å². The molecule has 258 valence electrons. The lowest BCUT2D eigenvalue weighted by Gasteiger charge is -2.35. The molecule has 0 saturated heterocycles. The maximum absolute atomic E-state index is 14.8. The summed E-state index contributed by atoms with van der Waals surface area (Å²) in [6.45, 7) is 1.11. The number of nitrogens with zero attached hydrogens (tertiary/aromatic N) is 2. The van der Waals surface area contributed by atoms with Crippen molar-refractivity contribution in [2.45, 2.75) is 69.0 Å². The van der Waals surface area contributed by atoms with Crippen LogP contribution in [0.4, 0.5) is 5.69 Å². The summed E-state index contributed by atoms with van der Waals surface area (Å²) < 4.78 is 35.4. The summed E-state index contributed by atoms with van der Waals surface area (Å²) >= 11 is 13.3. The predicted molar refractivity (Wildman–Crippen MR) is 195 cm³/mol. The number of hydrogen-bond donors (Lipinski definition) is 1. The molecule has 0 aliphatic heterocycles. The number of hydrogen-bond acceptors (Lipinski definition) is 5. The Balaban J connectivity index is 1.61. The molecule has 1 atom stereocenters. The molecule has 1 fully saturated rings. The topological polar surface area (TPSA) is 96.0 Å². The number of carbonyl (C=O) groups excluding carboxylic acids is 2. The van der Waals surface area contributed by atoms with Crippen molar-refractivity contribution in [2.24, 2.45) is 0 Å². The number of para-hydroxylation sites is 2. The van der Waals surface area contributed by atoms with Crippen LogP contribution in [0.2, 0.25) is 10.0 Å². The standard InChI is InChI=1S/C38H41Cl2N3O5S/c1-27-20-22-30(23-21-27)49(46,47)43(34-18-9-10-19-36(34)48-2)26-37(44)42(25-31-32(39)16-11-17-33(31)40)35(24-28-12-5-3-6-13-28)38(45)41-29-14-7-4-8-15-29/h3,5-6,9-13,16-23,29,35H,4,7-8,14-15,24-26H2,1-2H3,(H,41,45)/t35-/m0/s1. The zero-order valence-corrected chi connectivity index (χ0v) is 30.0. The van der Waals surface area contributed by atoms with E-state index in [1.54, 1.807) is 54.6 Å². The van der Waals surface area contributed by atoms with Crippen molar-refractivity contribution >= 4 is 50.7 Å². The Morgan fingerprint density at radius 2 is 1.49 bits per heavy atom. The lowest BCUT2D eigenvalue weighted by Crippen LogP contribution is -2.55. The van der Waals surface area contributed by atoms with Crippen LogP contribution < -0.4 is 14.4 Å². The smallest absolute Gasteiger partial charge is 0.264 e. The van der Waals surface area contributed by atoms with Gasteiger partial charge in [0.1, 0.15) is 18.3 Å². The van der Waals surface area contributed by atoms with Gasteiger partial charge in [0, 0.05) is 34.6 Å². The molecule has 5 rings (SSSR count). The molecule has 0 unspecified atom stereocenters. The van der Waals surface area contributed by atoms with Crippen LogP contribution in [-0.4, -0.2) is 50.9 Å². The Bertz CT molecular complexity index is 1830. The number of amides is 2. The van der Waals surface area contributed by atoms with Crippen molar-refractivity contribution in [2.75, 3.05) is 18.0 Å². The Hall–Kier alpha value is -4.05. The SMILES string of the molecule is COc1ccccc1N(CC(=O)N(Cc1c(Cl)cccc1Cl)[C@@H](Cc1ccccc1)C(=O)NC1CCCCC1)S(=O)(=O)c1ccc(C)cc1. The van der Waals surface area contributed by atoms with Gasteiger partial charge in [0.2, 0.25) is 11.8 Å². The number of sulfonamides is 1. The van der Waals surface area contributed by atoms with E-state index in [4.69, 9.17) is 27.9 Å². The molecule has 2 amide bonds. The van der Waals surface area contributed by atoms with Crippen LogP contribution in [0.5, 0.6) is 5.75 Å². The second-order valence-electron chi connectivity index (χ2n) is 12.3. The van der Waals surface area contributed by atoms with Crippen molar-refractivity contribution in [3.63, 3.8) is 0 Å². The summed E-state index contributed by atoms with van der Waals surface area (Å²) in [6, 6.07) is 26.5. The van der Waals surface area contributed by atoms with Gasteiger partial charge in [-0.05, 0) is 61.7 Å². The zero-order valence-electron chi connectivity index (χ0n) is 27.6. The third-order valence-corrected chi connectivity index (χ3v) is 11.3. The number of halogens is 2. The van der Waals surface area contributed by atoms with E-state index in [1.165, 1.54) is 24.1 Å². The maximum atomic E-state index is 14.8. The van der Waals surface area contributed by atoms with Gasteiger partial charge >= 0.3 is 0 Å². The minimum absolute atomic E-state index is 0.00776. The molecule has 0 aromatic heterocycles. The third kappa shape index (κ3) is 8.95. The van der Waals surface area contributed by atoms with Crippen LogP contribution >= 0.6 is 23.2 Å². The van der Waals surface area contributed by atoms with Gasteiger partial charge in [-0.1, -0.05) is 109 Å². The quantitative estimate of drug-likeness (QED) is 0.154. The summed E-state index contributed by atoms with van der Waals surface area (Å²) in [5, 5.41) is 3.85. The highest BCUT2D eigenvalue weighted by molar-refractivity contribution is 7.92.